The lowest BCUT2D eigenvalue weighted by Crippen LogP contribution is -2.02. The number of ether oxygens (including phenoxy) is 1. The van der Waals surface area contributed by atoms with Crippen LogP contribution in [0.15, 0.2) is 42.6 Å². The molecule has 1 aromatic heterocycles. The van der Waals surface area contributed by atoms with Crippen LogP contribution in [0.25, 0.3) is 16.9 Å². The highest BCUT2D eigenvalue weighted by Gasteiger charge is 2.15. The molecule has 0 saturated carbocycles. The topological polar surface area (TPSA) is 60.2 Å². The van der Waals surface area contributed by atoms with Gasteiger partial charge in [-0.2, -0.15) is 0 Å². The van der Waals surface area contributed by atoms with Gasteiger partial charge in [-0.3, -0.25) is 0 Å². The van der Waals surface area contributed by atoms with Crippen LogP contribution in [0.3, 0.4) is 0 Å². The molecule has 23 heavy (non-hydrogen) atoms. The molecule has 3 rings (SSSR count). The summed E-state index contributed by atoms with van der Waals surface area (Å²) in [7, 11) is 1.60. The molecular weight excluding hydrogens is 405 g/mol. The summed E-state index contributed by atoms with van der Waals surface area (Å²) in [6.45, 7) is 2.04. The number of benzene rings is 2. The lowest BCUT2D eigenvalue weighted by molar-refractivity contribution is 0.402. The summed E-state index contributed by atoms with van der Waals surface area (Å²) in [6.07, 6.45) is 2.49. The summed E-state index contributed by atoms with van der Waals surface area (Å²) < 4.78 is 8.12. The second kappa shape index (κ2) is 6.57. The Morgan fingerprint density at radius 1 is 1.22 bits per heavy atom. The molecule has 0 radical (unpaired) electrons. The first-order valence-corrected chi connectivity index (χ1v) is 8.28. The first kappa shape index (κ1) is 15.8. The number of phenolic OH excluding ortho intramolecular Hbond substituents is 1. The van der Waals surface area contributed by atoms with E-state index in [0.29, 0.717) is 11.4 Å². The number of aromatic nitrogens is 3. The Morgan fingerprint density at radius 3 is 2.61 bits per heavy atom. The second-order valence-electron chi connectivity index (χ2n) is 5.04. The number of rotatable bonds is 4. The van der Waals surface area contributed by atoms with E-state index in [0.717, 1.165) is 26.8 Å². The van der Waals surface area contributed by atoms with Gasteiger partial charge in [0.2, 0.25) is 0 Å². The predicted molar refractivity (Wildman–Crippen MR) is 97.1 cm³/mol. The van der Waals surface area contributed by atoms with Crippen LogP contribution in [0.2, 0.25) is 0 Å². The van der Waals surface area contributed by atoms with Crippen molar-refractivity contribution in [1.82, 2.24) is 15.0 Å². The Hall–Kier alpha value is -2.09. The minimum absolute atomic E-state index is 0.108. The molecule has 0 amide bonds. The summed E-state index contributed by atoms with van der Waals surface area (Å²) >= 11 is 2.27. The number of aromatic hydroxyl groups is 1. The minimum atomic E-state index is 0.108. The largest absolute Gasteiger partial charge is 0.506 e. The summed E-state index contributed by atoms with van der Waals surface area (Å²) in [5.74, 6) is 0.779. The normalized spacial score (nSPS) is 10.7. The van der Waals surface area contributed by atoms with Crippen molar-refractivity contribution in [3.05, 3.63) is 51.7 Å². The number of halogens is 1. The van der Waals surface area contributed by atoms with Crippen molar-refractivity contribution in [2.24, 2.45) is 0 Å². The number of phenols is 1. The van der Waals surface area contributed by atoms with E-state index < -0.39 is 0 Å². The van der Waals surface area contributed by atoms with Crippen LogP contribution in [0, 0.1) is 3.57 Å². The second-order valence-corrected chi connectivity index (χ2v) is 6.29. The first-order valence-electron chi connectivity index (χ1n) is 7.21. The van der Waals surface area contributed by atoms with Gasteiger partial charge in [0.25, 0.3) is 0 Å². The Bertz CT molecular complexity index is 828. The first-order chi connectivity index (χ1) is 11.1. The third-order valence-corrected chi connectivity index (χ3v) is 4.40. The maximum atomic E-state index is 10.4. The van der Waals surface area contributed by atoms with E-state index in [9.17, 15) is 5.11 Å². The zero-order valence-corrected chi connectivity index (χ0v) is 15.0. The average molecular weight is 421 g/mol. The minimum Gasteiger partial charge on any atom is -0.506 e. The van der Waals surface area contributed by atoms with Crippen LogP contribution in [0.1, 0.15) is 12.5 Å². The quantitative estimate of drug-likeness (QED) is 0.651. The molecule has 6 heteroatoms. The van der Waals surface area contributed by atoms with E-state index in [1.54, 1.807) is 24.1 Å². The lowest BCUT2D eigenvalue weighted by Gasteiger charge is -2.13. The van der Waals surface area contributed by atoms with Crippen molar-refractivity contribution in [2.45, 2.75) is 13.3 Å². The van der Waals surface area contributed by atoms with Gasteiger partial charge in [0, 0.05) is 15.2 Å². The highest BCUT2D eigenvalue weighted by Crippen LogP contribution is 2.33. The smallest absolute Gasteiger partial charge is 0.145 e. The van der Waals surface area contributed by atoms with Crippen LogP contribution in [0.4, 0.5) is 0 Å². The van der Waals surface area contributed by atoms with E-state index in [1.165, 1.54) is 0 Å². The van der Waals surface area contributed by atoms with Crippen molar-refractivity contribution in [3.8, 4) is 28.4 Å². The van der Waals surface area contributed by atoms with Gasteiger partial charge < -0.3 is 9.84 Å². The molecule has 0 fully saturated rings. The van der Waals surface area contributed by atoms with E-state index in [-0.39, 0.29) is 5.75 Å². The van der Waals surface area contributed by atoms with Crippen molar-refractivity contribution >= 4 is 22.6 Å². The van der Waals surface area contributed by atoms with E-state index in [2.05, 4.69) is 32.9 Å². The van der Waals surface area contributed by atoms with Crippen molar-refractivity contribution in [3.63, 3.8) is 0 Å². The fourth-order valence-electron chi connectivity index (χ4n) is 2.47. The molecule has 0 spiro atoms. The Morgan fingerprint density at radius 2 is 1.96 bits per heavy atom. The monoisotopic (exact) mass is 421 g/mol. The van der Waals surface area contributed by atoms with Crippen LogP contribution >= 0.6 is 22.6 Å². The molecule has 2 aromatic carbocycles. The van der Waals surface area contributed by atoms with Crippen molar-refractivity contribution in [2.75, 3.05) is 7.11 Å². The molecule has 0 aliphatic rings. The maximum absolute atomic E-state index is 10.4. The van der Waals surface area contributed by atoms with Gasteiger partial charge in [-0.05, 0) is 52.8 Å². The Balaban J connectivity index is 2.13. The molecule has 1 heterocycles. The molecule has 5 nitrogen and oxygen atoms in total. The highest BCUT2D eigenvalue weighted by molar-refractivity contribution is 14.1. The third kappa shape index (κ3) is 3.03. The zero-order valence-electron chi connectivity index (χ0n) is 12.8. The Kier molecular flexibility index (Phi) is 4.51. The van der Waals surface area contributed by atoms with Crippen LogP contribution < -0.4 is 4.74 Å². The van der Waals surface area contributed by atoms with E-state index >= 15 is 0 Å². The van der Waals surface area contributed by atoms with Crippen LogP contribution in [-0.4, -0.2) is 27.2 Å². The zero-order chi connectivity index (χ0) is 16.4. The van der Waals surface area contributed by atoms with Gasteiger partial charge in [-0.1, -0.05) is 24.3 Å². The number of methoxy groups -OCH3 is 1. The summed E-state index contributed by atoms with van der Waals surface area (Å²) in [6, 6.07) is 11.6. The molecule has 3 aromatic rings. The number of aryl methyl sites for hydroxylation is 1. The predicted octanol–water partition coefficient (Wildman–Crippen LogP) is 3.82. The number of hydrogen-bond donors (Lipinski definition) is 1. The maximum Gasteiger partial charge on any atom is 0.145 e. The molecule has 0 atom stereocenters. The molecule has 118 valence electrons. The van der Waals surface area contributed by atoms with Gasteiger partial charge in [0.15, 0.2) is 0 Å². The third-order valence-electron chi connectivity index (χ3n) is 3.68. The summed E-state index contributed by atoms with van der Waals surface area (Å²) in [4.78, 5) is 0. The SMILES string of the molecule is CCc1cc(-n2nncc2-c2ccc(I)cc2)c(O)cc1OC. The van der Waals surface area contributed by atoms with E-state index in [4.69, 9.17) is 4.74 Å². The standard InChI is InChI=1S/C17H16IN3O2/c1-3-11-8-14(16(22)9-17(11)23-2)21-15(10-19-20-21)12-4-6-13(18)7-5-12/h4-10,22H,3H2,1-2H3. The van der Waals surface area contributed by atoms with Gasteiger partial charge in [0.05, 0.1) is 19.0 Å². The van der Waals surface area contributed by atoms with Crippen LogP contribution in [-0.2, 0) is 6.42 Å². The number of hydrogen-bond acceptors (Lipinski definition) is 4. The van der Waals surface area contributed by atoms with Crippen molar-refractivity contribution < 1.29 is 9.84 Å². The number of nitrogens with zero attached hydrogens (tertiary/aromatic N) is 3. The summed E-state index contributed by atoms with van der Waals surface area (Å²) in [5, 5.41) is 18.5. The van der Waals surface area contributed by atoms with Gasteiger partial charge >= 0.3 is 0 Å². The molecular formula is C17H16IN3O2. The summed E-state index contributed by atoms with van der Waals surface area (Å²) in [5.41, 5.74) is 3.41. The molecule has 0 bridgehead atoms. The average Bonchev–Trinajstić information content (AvgIpc) is 3.04. The van der Waals surface area contributed by atoms with Gasteiger partial charge in [-0.15, -0.1) is 5.10 Å². The fourth-order valence-corrected chi connectivity index (χ4v) is 2.83. The van der Waals surface area contributed by atoms with E-state index in [1.807, 2.05) is 37.3 Å². The molecule has 0 unspecified atom stereocenters. The molecule has 0 saturated heterocycles. The Labute approximate surface area is 148 Å². The van der Waals surface area contributed by atoms with Crippen molar-refractivity contribution in [1.29, 1.82) is 0 Å². The lowest BCUT2D eigenvalue weighted by atomic mass is 10.1. The van der Waals surface area contributed by atoms with Crippen LogP contribution in [0.5, 0.6) is 11.5 Å². The molecule has 0 aliphatic carbocycles. The highest BCUT2D eigenvalue weighted by atomic mass is 127. The van der Waals surface area contributed by atoms with Gasteiger partial charge in [-0.25, -0.2) is 4.68 Å². The molecule has 1 N–H and O–H groups in total. The molecule has 0 aliphatic heterocycles. The fraction of sp³-hybridized carbons (Fsp3) is 0.176. The van der Waals surface area contributed by atoms with Gasteiger partial charge in [0.1, 0.15) is 17.2 Å².